The summed E-state index contributed by atoms with van der Waals surface area (Å²) >= 11 is 0. The maximum Gasteiger partial charge on any atom is 0.251 e. The van der Waals surface area contributed by atoms with Crippen molar-refractivity contribution in [1.29, 1.82) is 0 Å². The molecular weight excluding hydrogens is 759 g/mol. The average molecular weight is 810 g/mol. The number of ether oxygens (including phenoxy) is 1. The number of aromatic nitrogens is 3. The van der Waals surface area contributed by atoms with Crippen molar-refractivity contribution in [2.24, 2.45) is 0 Å². The average Bonchev–Trinajstić information content (AvgIpc) is 3.28. The van der Waals surface area contributed by atoms with Crippen LogP contribution in [0.3, 0.4) is 0 Å². The lowest BCUT2D eigenvalue weighted by atomic mass is 10.00. The van der Waals surface area contributed by atoms with Gasteiger partial charge in [-0.25, -0.2) is 15.0 Å². The molecule has 2 aromatic heterocycles. The van der Waals surface area contributed by atoms with Gasteiger partial charge >= 0.3 is 0 Å². The van der Waals surface area contributed by atoms with Crippen LogP contribution in [0.25, 0.3) is 22.0 Å². The van der Waals surface area contributed by atoms with Gasteiger partial charge < -0.3 is 30.5 Å². The molecular formula is C45H51N11O4. The van der Waals surface area contributed by atoms with Crippen LogP contribution in [-0.4, -0.2) is 137 Å². The van der Waals surface area contributed by atoms with E-state index in [-0.39, 0.29) is 23.8 Å². The lowest BCUT2D eigenvalue weighted by molar-refractivity contribution is -0.146. The molecule has 0 aliphatic carbocycles. The number of pyridine rings is 1. The first-order chi connectivity index (χ1) is 29.2. The fraction of sp³-hybridized carbons (Fsp3) is 0.378. The minimum atomic E-state index is -0.386. The third kappa shape index (κ3) is 8.54. The summed E-state index contributed by atoms with van der Waals surface area (Å²) < 4.78 is 5.71. The second-order valence-electron chi connectivity index (χ2n) is 16.0. The molecule has 3 amide bonds. The highest BCUT2D eigenvalue weighted by Crippen LogP contribution is 2.36. The van der Waals surface area contributed by atoms with Gasteiger partial charge in [-0.1, -0.05) is 24.3 Å². The van der Waals surface area contributed by atoms with E-state index >= 15 is 0 Å². The monoisotopic (exact) mass is 809 g/mol. The van der Waals surface area contributed by atoms with Crippen molar-refractivity contribution >= 4 is 57.3 Å². The SMILES string of the molecule is Cc1c(-c2ccc3cnc(Nc4ccc(CN5CCN(C(=O)CN6CCN(c7ccc(NC8CCC(=O)N(C)C8=O)cc7)CC6)CC5)cc4)nc3c2)cnc2c1NCCO2. The van der Waals surface area contributed by atoms with Crippen LogP contribution in [0.4, 0.5) is 28.7 Å². The van der Waals surface area contributed by atoms with Crippen molar-refractivity contribution in [3.05, 3.63) is 90.3 Å². The van der Waals surface area contributed by atoms with Gasteiger partial charge in [0.15, 0.2) is 0 Å². The standard InChI is InChI=1S/C45H51N11O4/c1-30-37(27-47-43-42(30)46-15-24-60-43)32-5-6-33-26-48-45(51-39(33)25-32)50-35-7-3-31(4-8-35)28-53-18-22-56(23-19-53)41(58)29-54-16-20-55(21-17-54)36-11-9-34(10-12-36)49-38-13-14-40(57)52(2)44(38)59/h3-12,25-27,38,46,49H,13-24,28-29H2,1-2H3,(H,48,50,51). The number of anilines is 5. The van der Waals surface area contributed by atoms with E-state index in [2.05, 4.69) is 96.1 Å². The van der Waals surface area contributed by atoms with Crippen molar-refractivity contribution in [1.82, 2.24) is 34.6 Å². The molecule has 310 valence electrons. The summed E-state index contributed by atoms with van der Waals surface area (Å²) in [5, 5.41) is 11.0. The predicted molar refractivity (Wildman–Crippen MR) is 233 cm³/mol. The lowest BCUT2D eigenvalue weighted by Crippen LogP contribution is -2.53. The summed E-state index contributed by atoms with van der Waals surface area (Å²) in [7, 11) is 1.54. The van der Waals surface area contributed by atoms with E-state index in [1.54, 1.807) is 7.05 Å². The van der Waals surface area contributed by atoms with Crippen LogP contribution in [0.15, 0.2) is 79.1 Å². The summed E-state index contributed by atoms with van der Waals surface area (Å²) in [6, 6.07) is 22.3. The van der Waals surface area contributed by atoms with Gasteiger partial charge in [0.25, 0.3) is 5.91 Å². The van der Waals surface area contributed by atoms with Gasteiger partial charge in [0.1, 0.15) is 18.3 Å². The van der Waals surface area contributed by atoms with Crippen molar-refractivity contribution in [3.63, 3.8) is 0 Å². The van der Waals surface area contributed by atoms with Gasteiger partial charge in [-0.2, -0.15) is 0 Å². The van der Waals surface area contributed by atoms with Gasteiger partial charge in [-0.3, -0.25) is 29.1 Å². The summed E-state index contributed by atoms with van der Waals surface area (Å²) in [5.74, 6) is 1.07. The zero-order valence-corrected chi connectivity index (χ0v) is 34.2. The number of piperazine rings is 2. The third-order valence-electron chi connectivity index (χ3n) is 12.1. The van der Waals surface area contributed by atoms with Gasteiger partial charge in [0, 0.05) is 119 Å². The molecule has 3 saturated heterocycles. The van der Waals surface area contributed by atoms with Gasteiger partial charge in [0.2, 0.25) is 23.6 Å². The molecule has 6 heterocycles. The van der Waals surface area contributed by atoms with Crippen LogP contribution in [0.1, 0.15) is 24.0 Å². The minimum Gasteiger partial charge on any atom is -0.474 e. The van der Waals surface area contributed by atoms with E-state index in [0.717, 1.165) is 116 Å². The number of rotatable bonds is 10. The van der Waals surface area contributed by atoms with E-state index in [1.165, 1.54) is 10.5 Å². The number of benzene rings is 3. The fourth-order valence-corrected chi connectivity index (χ4v) is 8.47. The molecule has 4 aliphatic rings. The zero-order chi connectivity index (χ0) is 41.2. The topological polar surface area (TPSA) is 151 Å². The number of hydrogen-bond donors (Lipinski definition) is 3. The zero-order valence-electron chi connectivity index (χ0n) is 34.2. The van der Waals surface area contributed by atoms with Gasteiger partial charge in [-0.15, -0.1) is 0 Å². The molecule has 1 unspecified atom stereocenters. The fourth-order valence-electron chi connectivity index (χ4n) is 8.47. The van der Waals surface area contributed by atoms with Crippen molar-refractivity contribution in [3.8, 4) is 17.0 Å². The van der Waals surface area contributed by atoms with E-state index in [0.29, 0.717) is 37.8 Å². The Morgan fingerprint density at radius 2 is 1.62 bits per heavy atom. The molecule has 0 saturated carbocycles. The lowest BCUT2D eigenvalue weighted by Gasteiger charge is -2.38. The molecule has 15 nitrogen and oxygen atoms in total. The molecule has 0 bridgehead atoms. The third-order valence-corrected chi connectivity index (χ3v) is 12.1. The molecule has 0 spiro atoms. The largest absolute Gasteiger partial charge is 0.474 e. The Balaban J connectivity index is 0.712. The second kappa shape index (κ2) is 17.1. The molecule has 5 aromatic rings. The first-order valence-corrected chi connectivity index (χ1v) is 20.9. The summed E-state index contributed by atoms with van der Waals surface area (Å²) in [4.78, 5) is 61.8. The minimum absolute atomic E-state index is 0.130. The van der Waals surface area contributed by atoms with E-state index in [4.69, 9.17) is 9.72 Å². The molecule has 1 atom stereocenters. The van der Waals surface area contributed by atoms with Crippen LogP contribution < -0.4 is 25.6 Å². The maximum atomic E-state index is 13.3. The number of likely N-dealkylation sites (N-methyl/N-ethyl adjacent to an activating group) is 1. The number of carbonyl (C=O) groups excluding carboxylic acids is 3. The Bertz CT molecular complexity index is 2380. The predicted octanol–water partition coefficient (Wildman–Crippen LogP) is 4.57. The number of carbonyl (C=O) groups is 3. The summed E-state index contributed by atoms with van der Waals surface area (Å²) in [6.45, 7) is 11.2. The van der Waals surface area contributed by atoms with E-state index < -0.39 is 0 Å². The van der Waals surface area contributed by atoms with E-state index in [9.17, 15) is 14.4 Å². The van der Waals surface area contributed by atoms with Gasteiger partial charge in [0.05, 0.1) is 12.1 Å². The smallest absolute Gasteiger partial charge is 0.251 e. The highest BCUT2D eigenvalue weighted by atomic mass is 16.5. The number of nitrogens with zero attached hydrogens (tertiary/aromatic N) is 8. The number of piperidine rings is 1. The molecule has 4 aliphatic heterocycles. The van der Waals surface area contributed by atoms with Crippen molar-refractivity contribution < 1.29 is 19.1 Å². The van der Waals surface area contributed by atoms with Crippen LogP contribution in [0, 0.1) is 6.92 Å². The summed E-state index contributed by atoms with van der Waals surface area (Å²) in [5.41, 5.74) is 9.09. The Labute approximate surface area is 349 Å². The Kier molecular flexibility index (Phi) is 11.2. The van der Waals surface area contributed by atoms with Crippen LogP contribution in [0.2, 0.25) is 0 Å². The molecule has 15 heteroatoms. The quantitative estimate of drug-likeness (QED) is 0.169. The molecule has 3 fully saturated rings. The molecule has 3 N–H and O–H groups in total. The molecule has 9 rings (SSSR count). The Morgan fingerprint density at radius 3 is 2.40 bits per heavy atom. The normalized spacial score (nSPS) is 18.8. The first-order valence-electron chi connectivity index (χ1n) is 20.9. The van der Waals surface area contributed by atoms with Crippen LogP contribution >= 0.6 is 0 Å². The highest BCUT2D eigenvalue weighted by Gasteiger charge is 2.32. The number of imide groups is 1. The van der Waals surface area contributed by atoms with Gasteiger partial charge in [-0.05, 0) is 72.5 Å². The van der Waals surface area contributed by atoms with Crippen LogP contribution in [-0.2, 0) is 20.9 Å². The second-order valence-corrected chi connectivity index (χ2v) is 16.0. The van der Waals surface area contributed by atoms with E-state index in [1.807, 2.05) is 35.5 Å². The number of hydrogen-bond acceptors (Lipinski definition) is 13. The number of nitrogens with one attached hydrogen (secondary N) is 3. The van der Waals surface area contributed by atoms with Crippen LogP contribution in [0.5, 0.6) is 5.88 Å². The van der Waals surface area contributed by atoms with Crippen molar-refractivity contribution in [2.75, 3.05) is 100.0 Å². The Hall–Kier alpha value is -6.32. The number of fused-ring (bicyclic) bond motifs is 2. The molecule has 0 radical (unpaired) electrons. The highest BCUT2D eigenvalue weighted by molar-refractivity contribution is 6.01. The molecule has 3 aromatic carbocycles. The summed E-state index contributed by atoms with van der Waals surface area (Å²) in [6.07, 6.45) is 4.59. The number of likely N-dealkylation sites (tertiary alicyclic amines) is 1. The molecule has 60 heavy (non-hydrogen) atoms. The first kappa shape index (κ1) is 39.2. The van der Waals surface area contributed by atoms with Crippen molar-refractivity contribution in [2.45, 2.75) is 32.4 Å². The maximum absolute atomic E-state index is 13.3. The Morgan fingerprint density at radius 1 is 0.867 bits per heavy atom. The number of amides is 3.